The van der Waals surface area contributed by atoms with Gasteiger partial charge in [-0.2, -0.15) is 13.2 Å². The molecule has 0 aliphatic carbocycles. The van der Waals surface area contributed by atoms with Crippen molar-refractivity contribution in [1.82, 2.24) is 4.98 Å². The number of halogens is 4. The van der Waals surface area contributed by atoms with E-state index in [0.29, 0.717) is 6.42 Å². The first-order chi connectivity index (χ1) is 7.05. The Morgan fingerprint density at radius 3 is 2.73 bits per heavy atom. The second-order valence-corrected chi connectivity index (χ2v) is 3.63. The van der Waals surface area contributed by atoms with Gasteiger partial charge in [-0.05, 0) is 12.5 Å². The van der Waals surface area contributed by atoms with E-state index in [1.165, 1.54) is 12.3 Å². The van der Waals surface area contributed by atoms with Gasteiger partial charge in [-0.1, -0.05) is 28.1 Å². The molecule has 0 radical (unpaired) electrons. The number of pyridine rings is 1. The van der Waals surface area contributed by atoms with Crippen LogP contribution in [0.3, 0.4) is 0 Å². The lowest BCUT2D eigenvalue weighted by Gasteiger charge is -2.08. The Morgan fingerprint density at radius 1 is 1.40 bits per heavy atom. The van der Waals surface area contributed by atoms with E-state index in [-0.39, 0.29) is 5.56 Å². The third kappa shape index (κ3) is 3.66. The Morgan fingerprint density at radius 2 is 2.13 bits per heavy atom. The average Bonchev–Trinajstić information content (AvgIpc) is 2.17. The van der Waals surface area contributed by atoms with Crippen molar-refractivity contribution >= 4 is 22.0 Å². The summed E-state index contributed by atoms with van der Waals surface area (Å²) in [5, 5.41) is 0.727. The van der Waals surface area contributed by atoms with Gasteiger partial charge in [0.1, 0.15) is 0 Å². The van der Waals surface area contributed by atoms with Crippen LogP contribution in [0.2, 0.25) is 0 Å². The molecule has 0 saturated carbocycles. The van der Waals surface area contributed by atoms with E-state index < -0.39 is 11.7 Å². The normalized spacial score (nSPS) is 12.3. The third-order valence-corrected chi connectivity index (χ3v) is 2.19. The largest absolute Gasteiger partial charge is 0.417 e. The quantitative estimate of drug-likeness (QED) is 0.765. The second kappa shape index (κ2) is 5.30. The van der Waals surface area contributed by atoms with Crippen LogP contribution in [-0.4, -0.2) is 10.3 Å². The Kier molecular flexibility index (Phi) is 4.32. The van der Waals surface area contributed by atoms with Crippen LogP contribution in [0.25, 0.3) is 6.08 Å². The Balaban J connectivity index is 2.97. The number of nitrogens with zero attached hydrogens (tertiary/aromatic N) is 1. The molecule has 0 aliphatic heterocycles. The topological polar surface area (TPSA) is 12.9 Å². The zero-order chi connectivity index (χ0) is 11.3. The molecule has 1 rings (SSSR count). The number of allylic oxidation sites excluding steroid dienone is 1. The molecule has 15 heavy (non-hydrogen) atoms. The number of hydrogen-bond acceptors (Lipinski definition) is 1. The second-order valence-electron chi connectivity index (χ2n) is 2.84. The first-order valence-corrected chi connectivity index (χ1v) is 5.41. The average molecular weight is 280 g/mol. The third-order valence-electron chi connectivity index (χ3n) is 1.73. The monoisotopic (exact) mass is 279 g/mol. The standard InChI is InChI=1S/C10H9BrF3N/c11-5-2-1-3-8-7-15-6-4-9(8)10(12,13)14/h1,3-4,6-7H,2,5H2/b3-1+. The van der Waals surface area contributed by atoms with Crippen molar-refractivity contribution in [1.29, 1.82) is 0 Å². The molecule has 0 spiro atoms. The lowest BCUT2D eigenvalue weighted by atomic mass is 10.1. The summed E-state index contributed by atoms with van der Waals surface area (Å²) in [4.78, 5) is 3.67. The van der Waals surface area contributed by atoms with Crippen LogP contribution in [0, 0.1) is 0 Å². The summed E-state index contributed by atoms with van der Waals surface area (Å²) in [6.45, 7) is 0. The molecule has 0 aromatic carbocycles. The van der Waals surface area contributed by atoms with Crippen LogP contribution in [0.5, 0.6) is 0 Å². The van der Waals surface area contributed by atoms with Crippen LogP contribution in [-0.2, 0) is 6.18 Å². The highest BCUT2D eigenvalue weighted by atomic mass is 79.9. The highest BCUT2D eigenvalue weighted by Gasteiger charge is 2.32. The molecule has 1 aromatic rings. The fraction of sp³-hybridized carbons (Fsp3) is 0.300. The van der Waals surface area contributed by atoms with E-state index in [1.54, 1.807) is 6.08 Å². The lowest BCUT2D eigenvalue weighted by Crippen LogP contribution is -2.07. The van der Waals surface area contributed by atoms with Gasteiger partial charge in [0.25, 0.3) is 0 Å². The fourth-order valence-corrected chi connectivity index (χ4v) is 1.34. The van der Waals surface area contributed by atoms with E-state index in [2.05, 4.69) is 20.9 Å². The summed E-state index contributed by atoms with van der Waals surface area (Å²) in [6.07, 6.45) is 1.85. The minimum absolute atomic E-state index is 0.103. The summed E-state index contributed by atoms with van der Waals surface area (Å²) in [6, 6.07) is 0.980. The van der Waals surface area contributed by atoms with E-state index in [1.807, 2.05) is 0 Å². The highest BCUT2D eigenvalue weighted by molar-refractivity contribution is 9.09. The van der Waals surface area contributed by atoms with Crippen LogP contribution >= 0.6 is 15.9 Å². The Hall–Kier alpha value is -0.840. The van der Waals surface area contributed by atoms with Gasteiger partial charge in [0, 0.05) is 23.3 Å². The molecule has 0 fully saturated rings. The van der Waals surface area contributed by atoms with E-state index in [4.69, 9.17) is 0 Å². The number of hydrogen-bond donors (Lipinski definition) is 0. The zero-order valence-corrected chi connectivity index (χ0v) is 9.35. The van der Waals surface area contributed by atoms with Gasteiger partial charge in [-0.25, -0.2) is 0 Å². The molecule has 0 aliphatic rings. The van der Waals surface area contributed by atoms with E-state index in [0.717, 1.165) is 17.6 Å². The van der Waals surface area contributed by atoms with E-state index >= 15 is 0 Å². The molecule has 0 unspecified atom stereocenters. The predicted octanol–water partition coefficient (Wildman–Crippen LogP) is 3.90. The van der Waals surface area contributed by atoms with Gasteiger partial charge in [-0.3, -0.25) is 4.98 Å². The van der Waals surface area contributed by atoms with Crippen molar-refractivity contribution in [3.8, 4) is 0 Å². The van der Waals surface area contributed by atoms with Gasteiger partial charge in [0.05, 0.1) is 5.56 Å². The highest BCUT2D eigenvalue weighted by Crippen LogP contribution is 2.31. The molecule has 0 saturated heterocycles. The van der Waals surface area contributed by atoms with Crippen LogP contribution in [0.15, 0.2) is 24.5 Å². The smallest absolute Gasteiger partial charge is 0.264 e. The van der Waals surface area contributed by atoms with Crippen molar-refractivity contribution < 1.29 is 13.2 Å². The number of rotatable bonds is 3. The minimum atomic E-state index is -4.32. The van der Waals surface area contributed by atoms with E-state index in [9.17, 15) is 13.2 Å². The van der Waals surface area contributed by atoms with Gasteiger partial charge in [0.15, 0.2) is 0 Å². The maximum Gasteiger partial charge on any atom is 0.417 e. The number of aromatic nitrogens is 1. The SMILES string of the molecule is FC(F)(F)c1ccncc1/C=C/CCBr. The number of alkyl halides is 4. The van der Waals surface area contributed by atoms with Crippen LogP contribution < -0.4 is 0 Å². The zero-order valence-electron chi connectivity index (χ0n) is 7.76. The van der Waals surface area contributed by atoms with Crippen molar-refractivity contribution in [2.75, 3.05) is 5.33 Å². The molecule has 1 heterocycles. The van der Waals surface area contributed by atoms with Gasteiger partial charge < -0.3 is 0 Å². The molecule has 0 bridgehead atoms. The van der Waals surface area contributed by atoms with Crippen molar-refractivity contribution in [3.63, 3.8) is 0 Å². The summed E-state index contributed by atoms with van der Waals surface area (Å²) in [7, 11) is 0. The molecule has 0 atom stereocenters. The van der Waals surface area contributed by atoms with Gasteiger partial charge in [0.2, 0.25) is 0 Å². The lowest BCUT2D eigenvalue weighted by molar-refractivity contribution is -0.137. The first-order valence-electron chi connectivity index (χ1n) is 4.29. The van der Waals surface area contributed by atoms with Crippen molar-refractivity contribution in [3.05, 3.63) is 35.7 Å². The molecular formula is C10H9BrF3N. The summed E-state index contributed by atoms with van der Waals surface area (Å²) in [5.41, 5.74) is -0.547. The summed E-state index contributed by atoms with van der Waals surface area (Å²) in [5.74, 6) is 0. The molecule has 1 aromatic heterocycles. The van der Waals surface area contributed by atoms with Crippen molar-refractivity contribution in [2.24, 2.45) is 0 Å². The Bertz CT molecular complexity index is 347. The predicted molar refractivity (Wildman–Crippen MR) is 56.7 cm³/mol. The first kappa shape index (κ1) is 12.2. The summed E-state index contributed by atoms with van der Waals surface area (Å²) >= 11 is 3.19. The molecule has 0 amide bonds. The minimum Gasteiger partial charge on any atom is -0.264 e. The maximum absolute atomic E-state index is 12.5. The Labute approximate surface area is 94.2 Å². The molecular weight excluding hydrogens is 271 g/mol. The molecule has 0 N–H and O–H groups in total. The summed E-state index contributed by atoms with van der Waals surface area (Å²) < 4.78 is 37.5. The molecule has 1 nitrogen and oxygen atoms in total. The van der Waals surface area contributed by atoms with Gasteiger partial charge in [-0.15, -0.1) is 0 Å². The molecule has 82 valence electrons. The van der Waals surface area contributed by atoms with Crippen LogP contribution in [0.4, 0.5) is 13.2 Å². The van der Waals surface area contributed by atoms with Crippen LogP contribution in [0.1, 0.15) is 17.5 Å². The van der Waals surface area contributed by atoms with Crippen molar-refractivity contribution in [2.45, 2.75) is 12.6 Å². The maximum atomic E-state index is 12.5. The fourth-order valence-electron chi connectivity index (χ4n) is 1.07. The van der Waals surface area contributed by atoms with Gasteiger partial charge >= 0.3 is 6.18 Å². The molecule has 5 heteroatoms.